The minimum absolute atomic E-state index is 0.0620. The molecule has 0 amide bonds. The summed E-state index contributed by atoms with van der Waals surface area (Å²) in [6.07, 6.45) is 1.43. The zero-order valence-corrected chi connectivity index (χ0v) is 12.1. The molecule has 0 fully saturated rings. The van der Waals surface area contributed by atoms with Crippen LogP contribution in [-0.4, -0.2) is 5.78 Å². The van der Waals surface area contributed by atoms with Gasteiger partial charge in [0.1, 0.15) is 11.6 Å². The molecule has 0 bridgehead atoms. The van der Waals surface area contributed by atoms with Crippen LogP contribution >= 0.6 is 15.9 Å². The smallest absolute Gasteiger partial charge is 0.205 e. The summed E-state index contributed by atoms with van der Waals surface area (Å²) < 4.78 is 0.802. The van der Waals surface area contributed by atoms with Gasteiger partial charge in [0, 0.05) is 21.9 Å². The number of halogens is 1. The molecule has 2 rings (SSSR count). The number of hydrogen-bond acceptors (Lipinski definition) is 3. The Balaban J connectivity index is 2.20. The van der Waals surface area contributed by atoms with Crippen LogP contribution in [0.15, 0.2) is 70.8 Å². The molecular weight excluding hydrogens is 316 g/mol. The van der Waals surface area contributed by atoms with E-state index < -0.39 is 0 Å². The Morgan fingerprint density at radius 2 is 1.90 bits per heavy atom. The molecule has 0 aliphatic rings. The van der Waals surface area contributed by atoms with Crippen LogP contribution in [0.3, 0.4) is 0 Å². The predicted octanol–water partition coefficient (Wildman–Crippen LogP) is 4.15. The molecule has 0 aliphatic carbocycles. The SMILES string of the molecule is N#C/C(=C\Nc1ccccc1)C(=O)c1cccc(Br)c1. The molecule has 0 aliphatic heterocycles. The average molecular weight is 327 g/mol. The van der Waals surface area contributed by atoms with Crippen molar-refractivity contribution in [1.29, 1.82) is 5.26 Å². The fraction of sp³-hybridized carbons (Fsp3) is 0. The van der Waals surface area contributed by atoms with Gasteiger partial charge in [0.25, 0.3) is 0 Å². The van der Waals surface area contributed by atoms with E-state index >= 15 is 0 Å². The zero-order chi connectivity index (χ0) is 14.4. The van der Waals surface area contributed by atoms with E-state index in [9.17, 15) is 4.79 Å². The first-order chi connectivity index (χ1) is 9.70. The standard InChI is InChI=1S/C16H11BrN2O/c17-14-6-4-5-12(9-14)16(20)13(10-18)11-19-15-7-2-1-3-8-15/h1-9,11,19H/b13-11+. The molecule has 0 aromatic heterocycles. The van der Waals surface area contributed by atoms with Gasteiger partial charge in [-0.2, -0.15) is 5.26 Å². The fourth-order valence-electron chi connectivity index (χ4n) is 1.62. The Morgan fingerprint density at radius 1 is 1.15 bits per heavy atom. The molecule has 98 valence electrons. The summed E-state index contributed by atoms with van der Waals surface area (Å²) in [6, 6.07) is 18.2. The molecule has 1 N–H and O–H groups in total. The lowest BCUT2D eigenvalue weighted by Gasteiger charge is -2.02. The van der Waals surface area contributed by atoms with Crippen LogP contribution < -0.4 is 5.32 Å². The van der Waals surface area contributed by atoms with E-state index in [0.29, 0.717) is 5.56 Å². The van der Waals surface area contributed by atoms with E-state index in [0.717, 1.165) is 10.2 Å². The molecule has 0 unspecified atom stereocenters. The maximum atomic E-state index is 12.2. The molecule has 0 spiro atoms. The third-order valence-corrected chi connectivity index (χ3v) is 3.10. The van der Waals surface area contributed by atoms with Gasteiger partial charge >= 0.3 is 0 Å². The van der Waals surface area contributed by atoms with Crippen LogP contribution in [0.25, 0.3) is 0 Å². The van der Waals surface area contributed by atoms with Crippen LogP contribution in [0.2, 0.25) is 0 Å². The van der Waals surface area contributed by atoms with Gasteiger partial charge in [-0.25, -0.2) is 0 Å². The molecule has 0 saturated heterocycles. The zero-order valence-electron chi connectivity index (χ0n) is 10.5. The van der Waals surface area contributed by atoms with E-state index in [1.165, 1.54) is 6.20 Å². The molecule has 2 aromatic rings. The molecule has 3 nitrogen and oxygen atoms in total. The van der Waals surface area contributed by atoms with E-state index in [-0.39, 0.29) is 11.4 Å². The van der Waals surface area contributed by atoms with Crippen LogP contribution in [0.5, 0.6) is 0 Å². The summed E-state index contributed by atoms with van der Waals surface area (Å²) in [5.74, 6) is -0.308. The lowest BCUT2D eigenvalue weighted by molar-refractivity contribution is 0.103. The van der Waals surface area contributed by atoms with Crippen molar-refractivity contribution in [2.75, 3.05) is 5.32 Å². The van der Waals surface area contributed by atoms with Gasteiger partial charge in [-0.3, -0.25) is 4.79 Å². The van der Waals surface area contributed by atoms with Crippen molar-refractivity contribution in [1.82, 2.24) is 0 Å². The third-order valence-electron chi connectivity index (χ3n) is 2.61. The summed E-state index contributed by atoms with van der Waals surface area (Å²) in [5, 5.41) is 12.1. The highest BCUT2D eigenvalue weighted by Gasteiger charge is 2.12. The van der Waals surface area contributed by atoms with Crippen molar-refractivity contribution >= 4 is 27.4 Å². The lowest BCUT2D eigenvalue weighted by atomic mass is 10.1. The predicted molar refractivity (Wildman–Crippen MR) is 82.2 cm³/mol. The van der Waals surface area contributed by atoms with E-state index in [4.69, 9.17) is 5.26 Å². The Labute approximate surface area is 125 Å². The Kier molecular flexibility index (Phi) is 4.70. The minimum atomic E-state index is -0.308. The highest BCUT2D eigenvalue weighted by molar-refractivity contribution is 9.10. The van der Waals surface area contributed by atoms with Gasteiger partial charge in [0.15, 0.2) is 0 Å². The van der Waals surface area contributed by atoms with Gasteiger partial charge < -0.3 is 5.32 Å². The second-order valence-electron chi connectivity index (χ2n) is 4.02. The van der Waals surface area contributed by atoms with Gasteiger partial charge in [-0.05, 0) is 24.3 Å². The number of benzene rings is 2. The maximum Gasteiger partial charge on any atom is 0.205 e. The van der Waals surface area contributed by atoms with Crippen LogP contribution in [0.4, 0.5) is 5.69 Å². The number of ketones is 1. The average Bonchev–Trinajstić information content (AvgIpc) is 2.48. The maximum absolute atomic E-state index is 12.2. The summed E-state index contributed by atoms with van der Waals surface area (Å²) in [7, 11) is 0. The number of nitrogens with one attached hydrogen (secondary N) is 1. The van der Waals surface area contributed by atoms with E-state index in [1.54, 1.807) is 18.2 Å². The van der Waals surface area contributed by atoms with Crippen molar-refractivity contribution < 1.29 is 4.79 Å². The second-order valence-corrected chi connectivity index (χ2v) is 4.94. The fourth-order valence-corrected chi connectivity index (χ4v) is 2.02. The van der Waals surface area contributed by atoms with Crippen molar-refractivity contribution in [3.05, 3.63) is 76.4 Å². The first-order valence-corrected chi connectivity index (χ1v) is 6.72. The Bertz CT molecular complexity index is 687. The number of allylic oxidation sites excluding steroid dienone is 1. The lowest BCUT2D eigenvalue weighted by Crippen LogP contribution is -2.04. The molecule has 4 heteroatoms. The van der Waals surface area contributed by atoms with Gasteiger partial charge in [0.2, 0.25) is 5.78 Å². The number of rotatable bonds is 4. The molecule has 0 atom stereocenters. The topological polar surface area (TPSA) is 52.9 Å². The van der Waals surface area contributed by atoms with Gasteiger partial charge in [0.05, 0.1) is 0 Å². The molecular formula is C16H11BrN2O. The number of carbonyl (C=O) groups is 1. The van der Waals surface area contributed by atoms with Crippen LogP contribution in [0, 0.1) is 11.3 Å². The first kappa shape index (κ1) is 14.0. The van der Waals surface area contributed by atoms with E-state index in [2.05, 4.69) is 21.2 Å². The van der Waals surface area contributed by atoms with Gasteiger partial charge in [-0.1, -0.05) is 46.3 Å². The Hall–Kier alpha value is -2.38. The number of hydrogen-bond donors (Lipinski definition) is 1. The highest BCUT2D eigenvalue weighted by atomic mass is 79.9. The minimum Gasteiger partial charge on any atom is -0.360 e. The molecule has 2 aromatic carbocycles. The molecule has 0 radical (unpaired) electrons. The highest BCUT2D eigenvalue weighted by Crippen LogP contribution is 2.15. The van der Waals surface area contributed by atoms with Crippen LogP contribution in [-0.2, 0) is 0 Å². The molecule has 0 heterocycles. The number of para-hydroxylation sites is 1. The largest absolute Gasteiger partial charge is 0.360 e. The monoisotopic (exact) mass is 326 g/mol. The number of nitrogens with zero attached hydrogens (tertiary/aromatic N) is 1. The third kappa shape index (κ3) is 3.56. The normalized spacial score (nSPS) is 10.7. The number of Topliss-reactive ketones (excluding diaryl/α,β-unsaturated/α-hetero) is 1. The summed E-state index contributed by atoms with van der Waals surface area (Å²) in [4.78, 5) is 12.2. The number of carbonyl (C=O) groups excluding carboxylic acids is 1. The second kappa shape index (κ2) is 6.69. The number of anilines is 1. The summed E-state index contributed by atoms with van der Waals surface area (Å²) in [5.41, 5.74) is 1.36. The first-order valence-electron chi connectivity index (χ1n) is 5.93. The van der Waals surface area contributed by atoms with Crippen molar-refractivity contribution in [2.24, 2.45) is 0 Å². The summed E-state index contributed by atoms with van der Waals surface area (Å²) in [6.45, 7) is 0. The van der Waals surface area contributed by atoms with Crippen molar-refractivity contribution in [3.8, 4) is 6.07 Å². The van der Waals surface area contributed by atoms with Crippen LogP contribution in [0.1, 0.15) is 10.4 Å². The Morgan fingerprint density at radius 3 is 2.55 bits per heavy atom. The van der Waals surface area contributed by atoms with E-state index in [1.807, 2.05) is 42.5 Å². The van der Waals surface area contributed by atoms with Crippen molar-refractivity contribution in [2.45, 2.75) is 0 Å². The number of nitriles is 1. The van der Waals surface area contributed by atoms with Gasteiger partial charge in [-0.15, -0.1) is 0 Å². The molecule has 20 heavy (non-hydrogen) atoms. The quantitative estimate of drug-likeness (QED) is 0.521. The molecule has 0 saturated carbocycles. The van der Waals surface area contributed by atoms with Crippen molar-refractivity contribution in [3.63, 3.8) is 0 Å². The summed E-state index contributed by atoms with van der Waals surface area (Å²) >= 11 is 3.31.